The average molecular weight is 330 g/mol. The van der Waals surface area contributed by atoms with Crippen molar-refractivity contribution >= 4 is 23.2 Å². The number of nitrogens with one attached hydrogen (secondary N) is 2. The van der Waals surface area contributed by atoms with Crippen LogP contribution in [-0.2, 0) is 16.1 Å². The molecule has 0 saturated carbocycles. The van der Waals surface area contributed by atoms with E-state index in [-0.39, 0.29) is 24.4 Å². The van der Waals surface area contributed by atoms with E-state index in [0.717, 1.165) is 10.4 Å². The van der Waals surface area contributed by atoms with Gasteiger partial charge in [0.1, 0.15) is 6.04 Å². The maximum Gasteiger partial charge on any atom is 0.242 e. The molecule has 7 heteroatoms. The number of piperazine rings is 1. The molecule has 0 aromatic carbocycles. The Hall–Kier alpha value is -2.25. The minimum Gasteiger partial charge on any atom is -0.353 e. The van der Waals surface area contributed by atoms with E-state index < -0.39 is 0 Å². The number of hydrogen-bond donors (Lipinski definition) is 2. The Morgan fingerprint density at radius 3 is 3.09 bits per heavy atom. The molecule has 1 fully saturated rings. The van der Waals surface area contributed by atoms with E-state index in [2.05, 4.69) is 15.6 Å². The first-order valence-electron chi connectivity index (χ1n) is 7.45. The van der Waals surface area contributed by atoms with Gasteiger partial charge < -0.3 is 10.6 Å². The van der Waals surface area contributed by atoms with Gasteiger partial charge in [0.05, 0.1) is 6.54 Å². The highest BCUT2D eigenvalue weighted by atomic mass is 32.1. The quantitative estimate of drug-likeness (QED) is 0.855. The zero-order valence-corrected chi connectivity index (χ0v) is 13.4. The zero-order chi connectivity index (χ0) is 16.1. The van der Waals surface area contributed by atoms with Crippen LogP contribution in [0.5, 0.6) is 0 Å². The number of aromatic nitrogens is 1. The molecule has 1 atom stereocenters. The van der Waals surface area contributed by atoms with Gasteiger partial charge in [-0.1, -0.05) is 12.1 Å². The van der Waals surface area contributed by atoms with Gasteiger partial charge in [0, 0.05) is 36.9 Å². The Morgan fingerprint density at radius 2 is 2.35 bits per heavy atom. The van der Waals surface area contributed by atoms with Crippen LogP contribution in [0.1, 0.15) is 16.5 Å². The summed E-state index contributed by atoms with van der Waals surface area (Å²) in [5.41, 5.74) is 0.951. The number of nitrogens with zero attached hydrogens (tertiary/aromatic N) is 2. The molecule has 1 saturated heterocycles. The molecule has 3 heterocycles. The molecule has 2 amide bonds. The fourth-order valence-electron chi connectivity index (χ4n) is 2.58. The number of pyridine rings is 1. The molecule has 2 N–H and O–H groups in total. The highest BCUT2D eigenvalue weighted by Gasteiger charge is 2.32. The molecule has 0 radical (unpaired) electrons. The van der Waals surface area contributed by atoms with Gasteiger partial charge in [-0.25, -0.2) is 0 Å². The van der Waals surface area contributed by atoms with Gasteiger partial charge in [-0.3, -0.25) is 19.5 Å². The molecule has 0 spiro atoms. The smallest absolute Gasteiger partial charge is 0.242 e. The van der Waals surface area contributed by atoms with E-state index >= 15 is 0 Å². The molecule has 6 nitrogen and oxygen atoms in total. The van der Waals surface area contributed by atoms with Crippen LogP contribution in [-0.4, -0.2) is 41.3 Å². The summed E-state index contributed by atoms with van der Waals surface area (Å²) in [4.78, 5) is 31.3. The summed E-state index contributed by atoms with van der Waals surface area (Å²) in [6, 6.07) is 7.22. The normalized spacial score (nSPS) is 18.4. The van der Waals surface area contributed by atoms with E-state index in [1.165, 1.54) is 11.3 Å². The van der Waals surface area contributed by atoms with Crippen molar-refractivity contribution in [1.82, 2.24) is 20.5 Å². The fourth-order valence-corrected chi connectivity index (χ4v) is 3.44. The van der Waals surface area contributed by atoms with E-state index in [1.807, 2.05) is 34.5 Å². The topological polar surface area (TPSA) is 74.3 Å². The van der Waals surface area contributed by atoms with Gasteiger partial charge >= 0.3 is 0 Å². The zero-order valence-electron chi connectivity index (χ0n) is 12.6. The van der Waals surface area contributed by atoms with Crippen LogP contribution in [0.2, 0.25) is 0 Å². The van der Waals surface area contributed by atoms with Crippen molar-refractivity contribution in [3.63, 3.8) is 0 Å². The average Bonchev–Trinajstić information content (AvgIpc) is 3.08. The molecule has 3 rings (SSSR count). The Labute approximate surface area is 138 Å². The summed E-state index contributed by atoms with van der Waals surface area (Å²) < 4.78 is 0. The Bertz CT molecular complexity index is 660. The predicted molar refractivity (Wildman–Crippen MR) is 87.7 cm³/mol. The van der Waals surface area contributed by atoms with Crippen LogP contribution in [0.3, 0.4) is 0 Å². The molecule has 2 aromatic heterocycles. The maximum absolute atomic E-state index is 12.2. The van der Waals surface area contributed by atoms with Crippen molar-refractivity contribution in [1.29, 1.82) is 0 Å². The number of carbonyl (C=O) groups is 2. The van der Waals surface area contributed by atoms with E-state index in [1.54, 1.807) is 12.4 Å². The lowest BCUT2D eigenvalue weighted by Crippen LogP contribution is -2.52. The summed E-state index contributed by atoms with van der Waals surface area (Å²) in [6.07, 6.45) is 3.42. The van der Waals surface area contributed by atoms with Crippen LogP contribution in [0, 0.1) is 0 Å². The SMILES string of the molecule is O=C(CN1CCNC(=O)[C@@H]1c1cccs1)NCc1cccnc1. The Balaban J connectivity index is 1.60. The summed E-state index contributed by atoms with van der Waals surface area (Å²) >= 11 is 1.53. The van der Waals surface area contributed by atoms with Crippen molar-refractivity contribution in [2.45, 2.75) is 12.6 Å². The lowest BCUT2D eigenvalue weighted by Gasteiger charge is -2.33. The molecule has 1 aliphatic rings. The lowest BCUT2D eigenvalue weighted by atomic mass is 10.1. The Kier molecular flexibility index (Phi) is 4.99. The van der Waals surface area contributed by atoms with Crippen molar-refractivity contribution < 1.29 is 9.59 Å². The molecular weight excluding hydrogens is 312 g/mol. The summed E-state index contributed by atoms with van der Waals surface area (Å²) in [5.74, 6) is -0.135. The minimum atomic E-state index is -0.382. The van der Waals surface area contributed by atoms with Crippen LogP contribution < -0.4 is 10.6 Å². The van der Waals surface area contributed by atoms with Gasteiger partial charge in [-0.05, 0) is 23.1 Å². The van der Waals surface area contributed by atoms with Gasteiger partial charge in [-0.2, -0.15) is 0 Å². The van der Waals surface area contributed by atoms with Crippen molar-refractivity contribution in [2.75, 3.05) is 19.6 Å². The highest BCUT2D eigenvalue weighted by molar-refractivity contribution is 7.10. The van der Waals surface area contributed by atoms with Crippen LogP contribution in [0.15, 0.2) is 42.0 Å². The third-order valence-corrected chi connectivity index (χ3v) is 4.61. The summed E-state index contributed by atoms with van der Waals surface area (Å²) in [5, 5.41) is 7.69. The number of rotatable bonds is 5. The Morgan fingerprint density at radius 1 is 1.43 bits per heavy atom. The van der Waals surface area contributed by atoms with Gasteiger partial charge in [0.2, 0.25) is 11.8 Å². The molecule has 0 unspecified atom stereocenters. The highest BCUT2D eigenvalue weighted by Crippen LogP contribution is 2.26. The summed E-state index contributed by atoms with van der Waals surface area (Å²) in [7, 11) is 0. The summed E-state index contributed by atoms with van der Waals surface area (Å²) in [6.45, 7) is 1.87. The van der Waals surface area contributed by atoms with Crippen LogP contribution >= 0.6 is 11.3 Å². The minimum absolute atomic E-state index is 0.0428. The molecule has 120 valence electrons. The predicted octanol–water partition coefficient (Wildman–Crippen LogP) is 0.932. The number of amides is 2. The second kappa shape index (κ2) is 7.34. The molecule has 23 heavy (non-hydrogen) atoms. The van der Waals surface area contributed by atoms with Gasteiger partial charge in [-0.15, -0.1) is 11.3 Å². The van der Waals surface area contributed by atoms with Crippen molar-refractivity contribution in [2.24, 2.45) is 0 Å². The maximum atomic E-state index is 12.2. The molecule has 1 aliphatic heterocycles. The van der Waals surface area contributed by atoms with Crippen molar-refractivity contribution in [3.8, 4) is 0 Å². The van der Waals surface area contributed by atoms with E-state index in [9.17, 15) is 9.59 Å². The second-order valence-electron chi connectivity index (χ2n) is 5.32. The standard InChI is InChI=1S/C16H18N4O2S/c21-14(19-10-12-3-1-5-17-9-12)11-20-7-6-18-16(22)15(20)13-4-2-8-23-13/h1-5,8-9,15H,6-7,10-11H2,(H,18,22)(H,19,21)/t15-/m0/s1. The third kappa shape index (κ3) is 3.94. The first-order chi connectivity index (χ1) is 11.2. The first-order valence-corrected chi connectivity index (χ1v) is 8.33. The van der Waals surface area contributed by atoms with Gasteiger partial charge in [0.15, 0.2) is 0 Å². The van der Waals surface area contributed by atoms with Crippen LogP contribution in [0.25, 0.3) is 0 Å². The van der Waals surface area contributed by atoms with Crippen molar-refractivity contribution in [3.05, 3.63) is 52.5 Å². The fraction of sp³-hybridized carbons (Fsp3) is 0.312. The molecule has 0 aliphatic carbocycles. The van der Waals surface area contributed by atoms with E-state index in [0.29, 0.717) is 19.6 Å². The molecule has 0 bridgehead atoms. The monoisotopic (exact) mass is 330 g/mol. The van der Waals surface area contributed by atoms with Crippen LogP contribution in [0.4, 0.5) is 0 Å². The largest absolute Gasteiger partial charge is 0.353 e. The first kappa shape index (κ1) is 15.6. The number of carbonyl (C=O) groups excluding carboxylic acids is 2. The lowest BCUT2D eigenvalue weighted by molar-refractivity contribution is -0.131. The molecule has 2 aromatic rings. The van der Waals surface area contributed by atoms with Gasteiger partial charge in [0.25, 0.3) is 0 Å². The number of hydrogen-bond acceptors (Lipinski definition) is 5. The second-order valence-corrected chi connectivity index (χ2v) is 6.30. The van der Waals surface area contributed by atoms with E-state index in [4.69, 9.17) is 0 Å². The number of thiophene rings is 1. The third-order valence-electron chi connectivity index (χ3n) is 3.68. The molecular formula is C16H18N4O2S.